The van der Waals surface area contributed by atoms with Crippen molar-refractivity contribution in [3.63, 3.8) is 0 Å². The summed E-state index contributed by atoms with van der Waals surface area (Å²) in [6.45, 7) is 1.89. The van der Waals surface area contributed by atoms with Crippen molar-refractivity contribution in [3.8, 4) is 0 Å². The van der Waals surface area contributed by atoms with Gasteiger partial charge in [-0.1, -0.05) is 0 Å². The van der Waals surface area contributed by atoms with Crippen LogP contribution >= 0.6 is 11.3 Å². The zero-order valence-electron chi connectivity index (χ0n) is 8.11. The highest BCUT2D eigenvalue weighted by Gasteiger charge is 2.18. The van der Waals surface area contributed by atoms with Crippen molar-refractivity contribution in [3.05, 3.63) is 16.1 Å². The van der Waals surface area contributed by atoms with Crippen molar-refractivity contribution in [2.75, 3.05) is 19.8 Å². The molecular weight excluding hydrogens is 198 g/mol. The van der Waals surface area contributed by atoms with E-state index >= 15 is 0 Å². The van der Waals surface area contributed by atoms with Gasteiger partial charge in [-0.2, -0.15) is 0 Å². The Morgan fingerprint density at radius 2 is 2.57 bits per heavy atom. The predicted molar refractivity (Wildman–Crippen MR) is 55.7 cm³/mol. The average molecular weight is 213 g/mol. The number of thiazole rings is 1. The first-order valence-corrected chi connectivity index (χ1v) is 5.91. The van der Waals surface area contributed by atoms with Crippen molar-refractivity contribution in [2.45, 2.75) is 25.2 Å². The molecule has 1 atom stereocenters. The lowest BCUT2D eigenvalue weighted by Gasteiger charge is -2.20. The van der Waals surface area contributed by atoms with Gasteiger partial charge in [0.2, 0.25) is 0 Å². The van der Waals surface area contributed by atoms with Gasteiger partial charge in [-0.3, -0.25) is 0 Å². The Morgan fingerprint density at radius 1 is 1.64 bits per heavy atom. The number of hydrogen-bond donors (Lipinski definition) is 1. The minimum atomic E-state index is 0.189. The second kappa shape index (κ2) is 4.87. The summed E-state index contributed by atoms with van der Waals surface area (Å²) in [4.78, 5) is 4.50. The lowest BCUT2D eigenvalue weighted by atomic mass is 10.00. The van der Waals surface area contributed by atoms with Crippen LogP contribution in [0.1, 0.15) is 29.5 Å². The van der Waals surface area contributed by atoms with Crippen molar-refractivity contribution in [1.29, 1.82) is 0 Å². The fourth-order valence-corrected chi connectivity index (χ4v) is 2.57. The first-order chi connectivity index (χ1) is 6.90. The normalized spacial score (nSPS) is 22.5. The number of aliphatic hydroxyl groups is 1. The van der Waals surface area contributed by atoms with Crippen LogP contribution in [0, 0.1) is 0 Å². The van der Waals surface area contributed by atoms with Gasteiger partial charge in [0.05, 0.1) is 17.3 Å². The fourth-order valence-electron chi connectivity index (χ4n) is 1.70. The molecule has 2 heterocycles. The molecule has 1 unspecified atom stereocenters. The number of aliphatic hydroxyl groups excluding tert-OH is 1. The molecule has 1 fully saturated rings. The minimum absolute atomic E-state index is 0.189. The van der Waals surface area contributed by atoms with E-state index in [0.717, 1.165) is 30.3 Å². The molecule has 0 saturated carbocycles. The molecular formula is C10H15NO2S. The summed E-state index contributed by atoms with van der Waals surface area (Å²) in [7, 11) is 0. The van der Waals surface area contributed by atoms with Crippen LogP contribution in [0.2, 0.25) is 0 Å². The van der Waals surface area contributed by atoms with E-state index in [-0.39, 0.29) is 6.61 Å². The number of ether oxygens (including phenoxy) is 1. The highest BCUT2D eigenvalue weighted by molar-refractivity contribution is 7.09. The van der Waals surface area contributed by atoms with Crippen LogP contribution in [0.4, 0.5) is 0 Å². The van der Waals surface area contributed by atoms with Crippen LogP contribution < -0.4 is 0 Å². The van der Waals surface area contributed by atoms with Gasteiger partial charge in [-0.25, -0.2) is 4.98 Å². The van der Waals surface area contributed by atoms with Gasteiger partial charge in [0.1, 0.15) is 0 Å². The molecule has 1 aromatic heterocycles. The maximum absolute atomic E-state index is 8.78. The monoisotopic (exact) mass is 213 g/mol. The average Bonchev–Trinajstić information content (AvgIpc) is 2.68. The number of hydrogen-bond acceptors (Lipinski definition) is 4. The van der Waals surface area contributed by atoms with Gasteiger partial charge in [-0.05, 0) is 12.8 Å². The lowest BCUT2D eigenvalue weighted by molar-refractivity contribution is 0.0794. The maximum Gasteiger partial charge on any atom is 0.0951 e. The maximum atomic E-state index is 8.78. The molecule has 1 aromatic rings. The largest absolute Gasteiger partial charge is 0.396 e. The van der Waals surface area contributed by atoms with Gasteiger partial charge in [0.25, 0.3) is 0 Å². The highest BCUT2D eigenvalue weighted by atomic mass is 32.1. The summed E-state index contributed by atoms with van der Waals surface area (Å²) >= 11 is 1.64. The third-order valence-corrected chi connectivity index (χ3v) is 3.40. The van der Waals surface area contributed by atoms with Crippen LogP contribution in [0.3, 0.4) is 0 Å². The first kappa shape index (κ1) is 10.1. The summed E-state index contributed by atoms with van der Waals surface area (Å²) in [5.74, 6) is 0.479. The molecule has 1 saturated heterocycles. The molecule has 2 rings (SSSR count). The van der Waals surface area contributed by atoms with Gasteiger partial charge in [0, 0.05) is 30.9 Å². The van der Waals surface area contributed by atoms with E-state index in [0.29, 0.717) is 12.3 Å². The van der Waals surface area contributed by atoms with E-state index < -0.39 is 0 Å². The summed E-state index contributed by atoms with van der Waals surface area (Å²) in [5.41, 5.74) is 1.15. The Hall–Kier alpha value is -0.450. The second-order valence-electron chi connectivity index (χ2n) is 3.55. The Morgan fingerprint density at radius 3 is 3.29 bits per heavy atom. The van der Waals surface area contributed by atoms with Crippen LogP contribution in [-0.2, 0) is 11.2 Å². The van der Waals surface area contributed by atoms with Crippen LogP contribution in [0.25, 0.3) is 0 Å². The molecule has 78 valence electrons. The van der Waals surface area contributed by atoms with Crippen molar-refractivity contribution in [1.82, 2.24) is 4.98 Å². The fraction of sp³-hybridized carbons (Fsp3) is 0.700. The first-order valence-electron chi connectivity index (χ1n) is 5.03. The zero-order chi connectivity index (χ0) is 9.80. The van der Waals surface area contributed by atoms with Crippen LogP contribution in [0.5, 0.6) is 0 Å². The van der Waals surface area contributed by atoms with Crippen LogP contribution in [-0.4, -0.2) is 29.9 Å². The van der Waals surface area contributed by atoms with E-state index in [9.17, 15) is 0 Å². The predicted octanol–water partition coefficient (Wildman–Crippen LogP) is 1.57. The topological polar surface area (TPSA) is 42.4 Å². The van der Waals surface area contributed by atoms with Crippen molar-refractivity contribution in [2.24, 2.45) is 0 Å². The SMILES string of the molecule is OCCc1nc(C2CCCOC2)cs1. The molecule has 0 aromatic carbocycles. The molecule has 4 heteroatoms. The molecule has 0 aliphatic carbocycles. The molecule has 0 radical (unpaired) electrons. The molecule has 14 heavy (non-hydrogen) atoms. The van der Waals surface area contributed by atoms with E-state index in [4.69, 9.17) is 9.84 Å². The summed E-state index contributed by atoms with van der Waals surface area (Å²) in [6, 6.07) is 0. The summed E-state index contributed by atoms with van der Waals surface area (Å²) in [5, 5.41) is 11.9. The van der Waals surface area contributed by atoms with Gasteiger partial charge in [0.15, 0.2) is 0 Å². The Labute approximate surface area is 87.7 Å². The molecule has 1 aliphatic rings. The van der Waals surface area contributed by atoms with E-state index in [1.54, 1.807) is 11.3 Å². The zero-order valence-corrected chi connectivity index (χ0v) is 8.92. The third kappa shape index (κ3) is 2.32. The highest BCUT2D eigenvalue weighted by Crippen LogP contribution is 2.26. The third-order valence-electron chi connectivity index (χ3n) is 2.47. The van der Waals surface area contributed by atoms with Crippen molar-refractivity contribution >= 4 is 11.3 Å². The van der Waals surface area contributed by atoms with Crippen LogP contribution in [0.15, 0.2) is 5.38 Å². The molecule has 0 amide bonds. The van der Waals surface area contributed by atoms with Gasteiger partial charge < -0.3 is 9.84 Å². The smallest absolute Gasteiger partial charge is 0.0951 e. The second-order valence-corrected chi connectivity index (χ2v) is 4.50. The van der Waals surface area contributed by atoms with Gasteiger partial charge in [-0.15, -0.1) is 11.3 Å². The lowest BCUT2D eigenvalue weighted by Crippen LogP contribution is -2.15. The van der Waals surface area contributed by atoms with Crippen molar-refractivity contribution < 1.29 is 9.84 Å². The minimum Gasteiger partial charge on any atom is -0.396 e. The van der Waals surface area contributed by atoms with E-state index in [2.05, 4.69) is 10.4 Å². The summed E-state index contributed by atoms with van der Waals surface area (Å²) in [6.07, 6.45) is 3.00. The molecule has 0 spiro atoms. The molecule has 1 aliphatic heterocycles. The Balaban J connectivity index is 2.00. The quantitative estimate of drug-likeness (QED) is 0.828. The Bertz CT molecular complexity index is 281. The number of aromatic nitrogens is 1. The van der Waals surface area contributed by atoms with E-state index in [1.807, 2.05) is 0 Å². The Kier molecular flexibility index (Phi) is 3.50. The number of nitrogens with zero attached hydrogens (tertiary/aromatic N) is 1. The summed E-state index contributed by atoms with van der Waals surface area (Å²) < 4.78 is 5.42. The molecule has 3 nitrogen and oxygen atoms in total. The standard InChI is InChI=1S/C10H15NO2S/c12-4-3-10-11-9(7-14-10)8-2-1-5-13-6-8/h7-8,12H,1-6H2. The number of rotatable bonds is 3. The molecule has 0 bridgehead atoms. The van der Waals surface area contributed by atoms with Gasteiger partial charge >= 0.3 is 0 Å². The van der Waals surface area contributed by atoms with E-state index in [1.165, 1.54) is 6.42 Å². The molecule has 1 N–H and O–H groups in total.